The van der Waals surface area contributed by atoms with Gasteiger partial charge in [-0.05, 0) is 37.0 Å². The van der Waals surface area contributed by atoms with Gasteiger partial charge in [-0.25, -0.2) is 0 Å². The van der Waals surface area contributed by atoms with Gasteiger partial charge in [-0.3, -0.25) is 76.7 Å². The second kappa shape index (κ2) is 33.0. The van der Waals surface area contributed by atoms with Crippen molar-refractivity contribution < 1.29 is 128 Å². The quantitative estimate of drug-likeness (QED) is 0.0275. The Labute approximate surface area is 457 Å². The van der Waals surface area contributed by atoms with Crippen LogP contribution in [-0.2, 0) is 83.1 Å². The summed E-state index contributed by atoms with van der Waals surface area (Å²) in [5, 5.41) is 104. The van der Waals surface area contributed by atoms with E-state index in [1.807, 2.05) is 21.3 Å². The molecule has 0 aromatic heterocycles. The van der Waals surface area contributed by atoms with Gasteiger partial charge in [0.15, 0.2) is 24.3 Å². The number of aliphatic hydroxyl groups excluding tert-OH is 1. The maximum absolute atomic E-state index is 14.3. The van der Waals surface area contributed by atoms with Crippen LogP contribution in [0.2, 0.25) is 0 Å². The number of hydrogen-bond acceptors (Lipinski definition) is 18. The molecule has 1 aromatic rings. The first-order chi connectivity index (χ1) is 37.7. The molecule has 1 aromatic carbocycles. The monoisotopic (exact) mass is 1160 g/mol. The maximum atomic E-state index is 14.3. The second-order valence-corrected chi connectivity index (χ2v) is 18.1. The van der Waals surface area contributed by atoms with E-state index in [-0.39, 0.29) is 11.3 Å². The molecule has 0 aliphatic heterocycles. The number of carbonyl (C=O) groups excluding carboxylic acids is 9. The zero-order valence-corrected chi connectivity index (χ0v) is 43.4. The number of amides is 9. The highest BCUT2D eigenvalue weighted by molar-refractivity contribution is 6.01. The van der Waals surface area contributed by atoms with Gasteiger partial charge in [-0.2, -0.15) is 0 Å². The second-order valence-electron chi connectivity index (χ2n) is 18.1. The van der Waals surface area contributed by atoms with Crippen LogP contribution in [-0.4, -0.2) is 202 Å². The number of phenols is 1. The van der Waals surface area contributed by atoms with Crippen molar-refractivity contribution in [2.75, 3.05) is 13.2 Å². The number of carboxylic acids is 7. The van der Waals surface area contributed by atoms with Gasteiger partial charge in [0.2, 0.25) is 47.3 Å². The number of quaternary nitrogens is 1. The van der Waals surface area contributed by atoms with E-state index in [9.17, 15) is 123 Å². The van der Waals surface area contributed by atoms with Crippen LogP contribution in [0.25, 0.3) is 0 Å². The zero-order chi connectivity index (χ0) is 62.2. The van der Waals surface area contributed by atoms with Crippen LogP contribution in [0.3, 0.4) is 0 Å². The van der Waals surface area contributed by atoms with E-state index in [4.69, 9.17) is 5.73 Å². The molecule has 0 bridgehead atoms. The van der Waals surface area contributed by atoms with Crippen LogP contribution in [0.1, 0.15) is 64.9 Å². The van der Waals surface area contributed by atoms with E-state index >= 15 is 0 Å². The molecule has 0 aliphatic carbocycles. The summed E-state index contributed by atoms with van der Waals surface area (Å²) in [7, 11) is 0. The summed E-state index contributed by atoms with van der Waals surface area (Å²) < 4.78 is 0. The van der Waals surface area contributed by atoms with Crippen molar-refractivity contribution in [1.29, 1.82) is 0 Å². The van der Waals surface area contributed by atoms with E-state index in [2.05, 4.69) is 27.0 Å². The van der Waals surface area contributed by atoms with Gasteiger partial charge in [0.25, 0.3) is 5.91 Å². The molecule has 35 heteroatoms. The van der Waals surface area contributed by atoms with Crippen molar-refractivity contribution in [2.45, 2.75) is 114 Å². The number of aliphatic hydroxyl groups is 1. The van der Waals surface area contributed by atoms with Gasteiger partial charge in [-0.15, -0.1) is 0 Å². The molecule has 0 fully saturated rings. The Balaban J connectivity index is 3.90. The van der Waals surface area contributed by atoms with E-state index in [1.165, 1.54) is 12.1 Å². The predicted octanol–water partition coefficient (Wildman–Crippen LogP) is -8.01. The topological polar surface area (TPSA) is 605 Å². The van der Waals surface area contributed by atoms with E-state index in [1.54, 1.807) is 13.8 Å². The largest absolute Gasteiger partial charge is 0.508 e. The van der Waals surface area contributed by atoms with Crippen LogP contribution in [0.5, 0.6) is 5.75 Å². The van der Waals surface area contributed by atoms with Crippen molar-refractivity contribution in [3.05, 3.63) is 29.8 Å². The number of aromatic hydroxyl groups is 1. The van der Waals surface area contributed by atoms with Gasteiger partial charge in [-0.1, -0.05) is 32.4 Å². The fourth-order valence-electron chi connectivity index (χ4n) is 7.15. The number of phenolic OH excluding ortho intramolecular Hbond substituents is 1. The number of benzene rings is 1. The highest BCUT2D eigenvalue weighted by Gasteiger charge is 2.41. The molecule has 22 N–H and O–H groups in total. The van der Waals surface area contributed by atoms with Crippen molar-refractivity contribution in [3.63, 3.8) is 0 Å². The lowest BCUT2D eigenvalue weighted by atomic mass is 9.96. The van der Waals surface area contributed by atoms with Crippen LogP contribution < -0.4 is 54.0 Å². The summed E-state index contributed by atoms with van der Waals surface area (Å²) in [6, 6.07) is -11.7. The SMILES string of the molecule is CC[C@H](C)[C@H](NC(=O)[C@H](C)NC(=O)[C@H](CC(C(=O)O)C(=O)O)NC(=O)[C@H](CO)NC(=O)[C@H](Cc1ccc(O)cc1)NC(=O)[C@H](CC(C(=O)O)C(=O)O)NC(=O)[C@H](CC(C(=O)O)C(=O)O)NC(=O)[C@H](CCC(=O)O)NC(=O)C[NH3+])C(N)=O. The van der Waals surface area contributed by atoms with E-state index < -0.39 is 219 Å². The van der Waals surface area contributed by atoms with E-state index in [0.29, 0.717) is 6.42 Å². The number of carbonyl (C=O) groups is 16. The van der Waals surface area contributed by atoms with Crippen molar-refractivity contribution >= 4 is 94.9 Å². The molecule has 448 valence electrons. The van der Waals surface area contributed by atoms with Gasteiger partial charge in [0, 0.05) is 32.1 Å². The third kappa shape index (κ3) is 23.1. The first-order valence-corrected chi connectivity index (χ1v) is 24.2. The molecule has 81 heavy (non-hydrogen) atoms. The molecule has 0 spiro atoms. The number of aliphatic carboxylic acids is 7. The molecule has 1 rings (SSSR count). The number of hydrogen-bond donors (Lipinski definition) is 19. The average Bonchev–Trinajstić information content (AvgIpc) is 3.42. The first kappa shape index (κ1) is 69.5. The Morgan fingerprint density at radius 2 is 0.852 bits per heavy atom. The number of primary amides is 1. The van der Waals surface area contributed by atoms with Gasteiger partial charge in [0.05, 0.1) is 6.61 Å². The summed E-state index contributed by atoms with van der Waals surface area (Å²) in [6.45, 7) is 2.37. The fourth-order valence-corrected chi connectivity index (χ4v) is 7.15. The molecule has 9 amide bonds. The maximum Gasteiger partial charge on any atom is 0.317 e. The van der Waals surface area contributed by atoms with Crippen molar-refractivity contribution in [2.24, 2.45) is 29.4 Å². The van der Waals surface area contributed by atoms with Crippen LogP contribution in [0.4, 0.5) is 0 Å². The normalized spacial score (nSPS) is 14.3. The molecule has 9 atom stereocenters. The number of nitrogens with one attached hydrogen (secondary N) is 8. The first-order valence-electron chi connectivity index (χ1n) is 24.2. The highest BCUT2D eigenvalue weighted by atomic mass is 16.4. The molecule has 0 heterocycles. The lowest BCUT2D eigenvalue weighted by molar-refractivity contribution is -0.355. The average molecular weight is 1160 g/mol. The van der Waals surface area contributed by atoms with Gasteiger partial charge < -0.3 is 100.0 Å². The summed E-state index contributed by atoms with van der Waals surface area (Å²) >= 11 is 0. The minimum atomic E-state index is -2.62. The summed E-state index contributed by atoms with van der Waals surface area (Å²) in [5.74, 6) is -34.8. The third-order valence-electron chi connectivity index (χ3n) is 12.0. The Hall–Kier alpha value is -9.54. The lowest BCUT2D eigenvalue weighted by Crippen LogP contribution is -2.62. The van der Waals surface area contributed by atoms with Crippen LogP contribution in [0, 0.1) is 23.7 Å². The molecule has 0 saturated carbocycles. The Kier molecular flexibility index (Phi) is 28.3. The lowest BCUT2D eigenvalue weighted by Gasteiger charge is -2.28. The predicted molar refractivity (Wildman–Crippen MR) is 263 cm³/mol. The van der Waals surface area contributed by atoms with E-state index in [0.717, 1.165) is 19.1 Å². The Morgan fingerprint density at radius 1 is 0.494 bits per heavy atom. The van der Waals surface area contributed by atoms with Gasteiger partial charge in [0.1, 0.15) is 54.1 Å². The molecule has 0 saturated heterocycles. The molecular weight excluding hydrogens is 1090 g/mol. The number of carboxylic acid groups (broad SMARTS) is 7. The Morgan fingerprint density at radius 3 is 1.21 bits per heavy atom. The van der Waals surface area contributed by atoms with Crippen molar-refractivity contribution in [1.82, 2.24) is 42.5 Å². The summed E-state index contributed by atoms with van der Waals surface area (Å²) in [4.78, 5) is 204. The molecule has 0 radical (unpaired) electrons. The minimum Gasteiger partial charge on any atom is -0.508 e. The van der Waals surface area contributed by atoms with Crippen molar-refractivity contribution in [3.8, 4) is 5.75 Å². The minimum absolute atomic E-state index is 0.0434. The summed E-state index contributed by atoms with van der Waals surface area (Å²) in [5.41, 5.74) is 8.74. The smallest absolute Gasteiger partial charge is 0.317 e. The molecule has 0 unspecified atom stereocenters. The van der Waals surface area contributed by atoms with Gasteiger partial charge >= 0.3 is 41.8 Å². The highest BCUT2D eigenvalue weighted by Crippen LogP contribution is 2.17. The number of rotatable bonds is 37. The molecular formula is C46H65N10O25+. The standard InChI is InChI=1S/C46H64N10O25/c1-4-17(2)32(33(48)62)56-34(63)18(3)49-36(65)26(12-21(41(70)71)42(72)73)54-40(69)29(16-57)55-37(66)25(11-19-5-7-20(58)8-6-19)51-38(67)28(14-23(45(78)79)46(80)81)53-39(68)27(13-22(43(74)75)44(76)77)52-35(64)24(9-10-31(60)61)50-30(59)15-47/h5-8,17-18,21-29,32,57-58H,4,9-16,47H2,1-3H3,(H2,48,62)(H,49,65)(H,50,59)(H,51,67)(H,52,64)(H,53,68)(H,54,69)(H,55,66)(H,56,63)(H,60,61)(H,70,71)(H,72,73)(H,74,75)(H,76,77)(H,78,79)(H,80,81)/p+1/t17-,18-,24-,25-,26-,27-,28-,29-,32-/m0/s1. The summed E-state index contributed by atoms with van der Waals surface area (Å²) in [6.07, 6.45) is -5.98. The molecule has 35 nitrogen and oxygen atoms in total. The Bertz CT molecular complexity index is 2500. The van der Waals surface area contributed by atoms with Crippen LogP contribution >= 0.6 is 0 Å². The van der Waals surface area contributed by atoms with Crippen LogP contribution in [0.15, 0.2) is 24.3 Å². The fraction of sp³-hybridized carbons (Fsp3) is 0.522. The zero-order valence-electron chi connectivity index (χ0n) is 43.4. The third-order valence-corrected chi connectivity index (χ3v) is 12.0. The molecule has 0 aliphatic rings. The number of nitrogens with two attached hydrogens (primary N) is 1.